The average Bonchev–Trinajstić information content (AvgIpc) is 3.18. The van der Waals surface area contributed by atoms with Crippen LogP contribution in [0.5, 0.6) is 0 Å². The maximum Gasteiger partial charge on any atom is 0.267 e. The molecule has 3 heterocycles. The number of hydrogen-bond donors (Lipinski definition) is 0. The fourth-order valence-electron chi connectivity index (χ4n) is 3.69. The van der Waals surface area contributed by atoms with Crippen molar-refractivity contribution in [2.45, 2.75) is 30.5 Å². The first-order valence-electron chi connectivity index (χ1n) is 9.51. The van der Waals surface area contributed by atoms with E-state index >= 15 is 0 Å². The van der Waals surface area contributed by atoms with Crippen molar-refractivity contribution in [2.75, 3.05) is 12.4 Å². The van der Waals surface area contributed by atoms with Gasteiger partial charge in [-0.1, -0.05) is 42.1 Å². The largest absolute Gasteiger partial charge is 0.377 e. The molecule has 28 heavy (non-hydrogen) atoms. The summed E-state index contributed by atoms with van der Waals surface area (Å²) in [4.78, 5) is 13.2. The van der Waals surface area contributed by atoms with Crippen LogP contribution in [0, 0.1) is 0 Å². The summed E-state index contributed by atoms with van der Waals surface area (Å²) in [6.07, 6.45) is 3.68. The highest BCUT2D eigenvalue weighted by Gasteiger charge is 2.20. The van der Waals surface area contributed by atoms with Crippen LogP contribution >= 0.6 is 11.8 Å². The van der Waals surface area contributed by atoms with Crippen molar-refractivity contribution < 1.29 is 4.74 Å². The molecule has 0 aliphatic carbocycles. The molecule has 0 saturated carbocycles. The summed E-state index contributed by atoms with van der Waals surface area (Å²) in [5, 5.41) is 10.2. The molecular weight excluding hydrogens is 372 g/mol. The number of thioether (sulfide) groups is 1. The van der Waals surface area contributed by atoms with Crippen LogP contribution < -0.4 is 5.56 Å². The van der Waals surface area contributed by atoms with Crippen LogP contribution in [0.15, 0.2) is 64.5 Å². The van der Waals surface area contributed by atoms with Crippen molar-refractivity contribution in [3.8, 4) is 5.69 Å². The second kappa shape index (κ2) is 7.41. The zero-order valence-corrected chi connectivity index (χ0v) is 16.1. The Kier molecular flexibility index (Phi) is 4.62. The van der Waals surface area contributed by atoms with Crippen molar-refractivity contribution >= 4 is 28.4 Å². The number of benzene rings is 2. The average molecular weight is 392 g/mol. The Morgan fingerprint density at radius 2 is 1.86 bits per heavy atom. The first-order chi connectivity index (χ1) is 13.8. The summed E-state index contributed by atoms with van der Waals surface area (Å²) in [6.45, 7) is 0.836. The third-order valence-corrected chi connectivity index (χ3v) is 6.14. The van der Waals surface area contributed by atoms with Crippen LogP contribution in [0.2, 0.25) is 0 Å². The van der Waals surface area contributed by atoms with Gasteiger partial charge in [-0.25, -0.2) is 4.57 Å². The van der Waals surface area contributed by atoms with Crippen molar-refractivity contribution in [3.63, 3.8) is 0 Å². The maximum atomic E-state index is 13.2. The number of fused-ring (bicyclic) bond motifs is 3. The Morgan fingerprint density at radius 1 is 1.04 bits per heavy atom. The lowest BCUT2D eigenvalue weighted by Gasteiger charge is -2.21. The smallest absolute Gasteiger partial charge is 0.267 e. The summed E-state index contributed by atoms with van der Waals surface area (Å²) < 4.78 is 9.47. The summed E-state index contributed by atoms with van der Waals surface area (Å²) in [5.74, 6) is 1.36. The highest BCUT2D eigenvalue weighted by atomic mass is 32.2. The van der Waals surface area contributed by atoms with E-state index in [1.807, 2.05) is 59.0 Å². The van der Waals surface area contributed by atoms with Gasteiger partial charge in [-0.05, 0) is 43.5 Å². The molecule has 0 radical (unpaired) electrons. The van der Waals surface area contributed by atoms with Crippen molar-refractivity contribution in [1.82, 2.24) is 19.2 Å². The van der Waals surface area contributed by atoms with E-state index in [-0.39, 0.29) is 11.7 Å². The third kappa shape index (κ3) is 3.00. The van der Waals surface area contributed by atoms with Crippen molar-refractivity contribution in [2.24, 2.45) is 0 Å². The van der Waals surface area contributed by atoms with E-state index in [0.29, 0.717) is 11.2 Å². The Morgan fingerprint density at radius 3 is 2.68 bits per heavy atom. The van der Waals surface area contributed by atoms with E-state index in [9.17, 15) is 4.79 Å². The normalized spacial score (nSPS) is 17.4. The number of ether oxygens (including phenoxy) is 1. The number of nitrogens with zero attached hydrogens (tertiary/aromatic N) is 4. The van der Waals surface area contributed by atoms with Crippen molar-refractivity contribution in [1.29, 1.82) is 0 Å². The van der Waals surface area contributed by atoms with E-state index in [1.54, 1.807) is 16.3 Å². The van der Waals surface area contributed by atoms with Crippen molar-refractivity contribution in [3.05, 3.63) is 65.0 Å². The van der Waals surface area contributed by atoms with E-state index in [4.69, 9.17) is 4.74 Å². The minimum atomic E-state index is -0.0890. The lowest BCUT2D eigenvalue weighted by Crippen LogP contribution is -2.22. The summed E-state index contributed by atoms with van der Waals surface area (Å²) in [5.41, 5.74) is 1.52. The number of para-hydroxylation sites is 2. The van der Waals surface area contributed by atoms with Gasteiger partial charge in [-0.15, -0.1) is 10.2 Å². The lowest BCUT2D eigenvalue weighted by atomic mass is 10.1. The van der Waals surface area contributed by atoms with Crippen LogP contribution in [-0.4, -0.2) is 37.6 Å². The molecule has 0 unspecified atom stereocenters. The third-order valence-electron chi connectivity index (χ3n) is 5.08. The molecule has 1 atom stereocenters. The molecule has 0 amide bonds. The minimum absolute atomic E-state index is 0.0890. The Labute approximate surface area is 166 Å². The molecule has 6 nitrogen and oxygen atoms in total. The van der Waals surface area contributed by atoms with Gasteiger partial charge >= 0.3 is 0 Å². The molecule has 2 aromatic carbocycles. The summed E-state index contributed by atoms with van der Waals surface area (Å²) >= 11 is 1.64. The summed E-state index contributed by atoms with van der Waals surface area (Å²) in [7, 11) is 0. The summed E-state index contributed by atoms with van der Waals surface area (Å²) in [6, 6.07) is 17.2. The number of hydrogen-bond acceptors (Lipinski definition) is 5. The quantitative estimate of drug-likeness (QED) is 0.496. The predicted molar refractivity (Wildman–Crippen MR) is 110 cm³/mol. The zero-order chi connectivity index (χ0) is 18.9. The standard InChI is InChI=1S/C21H20N4O2S/c26-19-17-11-4-5-12-18(17)25-20(24(19)15-8-2-1-3-9-15)22-23-21(25)28-14-16-10-6-7-13-27-16/h1-5,8-9,11-12,16H,6-7,10,13-14H2/t16-/m1/s1. The van der Waals surface area contributed by atoms with Gasteiger partial charge in [0.15, 0.2) is 5.16 Å². The first kappa shape index (κ1) is 17.5. The molecule has 1 saturated heterocycles. The van der Waals surface area contributed by atoms with Gasteiger partial charge in [0.05, 0.1) is 22.7 Å². The van der Waals surface area contributed by atoms with Gasteiger partial charge in [0.1, 0.15) is 0 Å². The fourth-order valence-corrected chi connectivity index (χ4v) is 4.69. The zero-order valence-electron chi connectivity index (χ0n) is 15.3. The molecule has 1 fully saturated rings. The van der Waals surface area contributed by atoms with E-state index in [2.05, 4.69) is 10.2 Å². The molecule has 4 aromatic rings. The topological polar surface area (TPSA) is 61.4 Å². The van der Waals surface area contributed by atoms with Crippen LogP contribution in [0.3, 0.4) is 0 Å². The molecule has 1 aliphatic heterocycles. The molecule has 7 heteroatoms. The Bertz CT molecular complexity index is 1180. The maximum absolute atomic E-state index is 13.2. The molecule has 5 rings (SSSR count). The predicted octanol–water partition coefficient (Wildman–Crippen LogP) is 3.69. The molecule has 0 N–H and O–H groups in total. The van der Waals surface area contributed by atoms with Crippen LogP contribution in [0.25, 0.3) is 22.4 Å². The second-order valence-corrected chi connectivity index (χ2v) is 7.90. The molecule has 1 aliphatic rings. The first-order valence-corrected chi connectivity index (χ1v) is 10.5. The van der Waals surface area contributed by atoms with Gasteiger partial charge in [0, 0.05) is 12.4 Å². The Hall–Kier alpha value is -2.64. The fraction of sp³-hybridized carbons (Fsp3) is 0.286. The molecule has 2 aromatic heterocycles. The highest BCUT2D eigenvalue weighted by molar-refractivity contribution is 7.99. The Balaban J connectivity index is 1.67. The van der Waals surface area contributed by atoms with E-state index in [1.165, 1.54) is 6.42 Å². The number of rotatable bonds is 4. The molecular formula is C21H20N4O2S. The van der Waals surface area contributed by atoms with E-state index < -0.39 is 0 Å². The van der Waals surface area contributed by atoms with E-state index in [0.717, 1.165) is 41.6 Å². The molecule has 142 valence electrons. The molecule has 0 spiro atoms. The minimum Gasteiger partial charge on any atom is -0.377 e. The lowest BCUT2D eigenvalue weighted by molar-refractivity contribution is 0.0315. The second-order valence-electron chi connectivity index (χ2n) is 6.91. The van der Waals surface area contributed by atoms with Gasteiger partial charge in [-0.2, -0.15) is 0 Å². The molecule has 0 bridgehead atoms. The van der Waals surface area contributed by atoms with Gasteiger partial charge in [-0.3, -0.25) is 9.20 Å². The van der Waals surface area contributed by atoms with Crippen LogP contribution in [0.1, 0.15) is 19.3 Å². The van der Waals surface area contributed by atoms with Gasteiger partial charge in [0.25, 0.3) is 5.56 Å². The highest BCUT2D eigenvalue weighted by Crippen LogP contribution is 2.26. The van der Waals surface area contributed by atoms with Crippen LogP contribution in [-0.2, 0) is 4.74 Å². The van der Waals surface area contributed by atoms with Crippen LogP contribution in [0.4, 0.5) is 0 Å². The SMILES string of the molecule is O=c1c2ccccc2n2c(SC[C@H]3CCCCO3)nnc2n1-c1ccccc1. The van der Waals surface area contributed by atoms with Gasteiger partial charge in [0.2, 0.25) is 5.78 Å². The van der Waals surface area contributed by atoms with Gasteiger partial charge < -0.3 is 4.74 Å². The number of aromatic nitrogens is 4. The monoisotopic (exact) mass is 392 g/mol.